The molecule has 0 unspecified atom stereocenters. The van der Waals surface area contributed by atoms with Gasteiger partial charge in [-0.05, 0) is 31.0 Å². The van der Waals surface area contributed by atoms with Gasteiger partial charge in [-0.25, -0.2) is 4.98 Å². The third-order valence-corrected chi connectivity index (χ3v) is 6.18. The Labute approximate surface area is 207 Å². The maximum Gasteiger partial charge on any atom is 0.260 e. The molecule has 0 aliphatic heterocycles. The molecule has 5 aromatic rings. The van der Waals surface area contributed by atoms with Gasteiger partial charge in [0.1, 0.15) is 0 Å². The highest BCUT2D eigenvalue weighted by Crippen LogP contribution is 2.37. The van der Waals surface area contributed by atoms with Crippen molar-refractivity contribution in [3.05, 3.63) is 108 Å². The van der Waals surface area contributed by atoms with Crippen LogP contribution in [0, 0.1) is 5.95 Å². The van der Waals surface area contributed by atoms with Gasteiger partial charge >= 0.3 is 0 Å². The molecule has 0 spiro atoms. The Bertz CT molecular complexity index is 1490. The summed E-state index contributed by atoms with van der Waals surface area (Å²) >= 11 is 0. The largest absolute Gasteiger partial charge is 0.373 e. The molecule has 3 heterocycles. The van der Waals surface area contributed by atoms with E-state index in [0.717, 1.165) is 0 Å². The summed E-state index contributed by atoms with van der Waals surface area (Å²) in [7, 11) is 0. The lowest BCUT2D eigenvalue weighted by molar-refractivity contribution is 0.102. The molecule has 0 fully saturated rings. The lowest BCUT2D eigenvalue weighted by Gasteiger charge is -2.29. The summed E-state index contributed by atoms with van der Waals surface area (Å²) in [4.78, 5) is 21.5. The Morgan fingerprint density at radius 3 is 2.19 bits per heavy atom. The maximum atomic E-state index is 15.0. The lowest BCUT2D eigenvalue weighted by Crippen LogP contribution is -2.32. The number of carbonyl (C=O) groups excluding carboxylic acids is 1. The minimum Gasteiger partial charge on any atom is -0.373 e. The van der Waals surface area contributed by atoms with Crippen LogP contribution in [0.4, 0.5) is 10.1 Å². The van der Waals surface area contributed by atoms with Gasteiger partial charge in [-0.1, -0.05) is 60.7 Å². The number of imidazole rings is 1. The van der Waals surface area contributed by atoms with E-state index in [2.05, 4.69) is 20.4 Å². The van der Waals surface area contributed by atoms with Gasteiger partial charge in [0, 0.05) is 19.3 Å². The van der Waals surface area contributed by atoms with Crippen LogP contribution in [0.2, 0.25) is 0 Å². The number of pyridine rings is 1. The number of rotatable bonds is 7. The number of nitrogens with zero attached hydrogens (tertiary/aromatic N) is 5. The Hall–Kier alpha value is -4.37. The normalized spacial score (nSPS) is 11.7. The molecular formula is C27H25FN6O2. The number of hydrogen-bond acceptors (Lipinski definition) is 5. The second-order valence-corrected chi connectivity index (χ2v) is 8.33. The van der Waals surface area contributed by atoms with E-state index >= 15 is 4.39 Å². The van der Waals surface area contributed by atoms with Crippen LogP contribution in [0.25, 0.3) is 11.2 Å². The SMILES string of the molecule is CCn1cc(NC(=O)c2cc3c(nc2F)nc(C(O)(c2ccccc2)c2ccccc2)n3CC)cn1. The smallest absolute Gasteiger partial charge is 0.260 e. The zero-order valence-electron chi connectivity index (χ0n) is 19.9. The van der Waals surface area contributed by atoms with Gasteiger partial charge in [0.05, 0.1) is 23.0 Å². The fourth-order valence-corrected chi connectivity index (χ4v) is 4.37. The molecule has 0 aliphatic carbocycles. The second kappa shape index (κ2) is 9.35. The monoisotopic (exact) mass is 484 g/mol. The Kier molecular flexibility index (Phi) is 6.07. The van der Waals surface area contributed by atoms with E-state index in [9.17, 15) is 9.90 Å². The molecule has 3 aromatic heterocycles. The zero-order valence-corrected chi connectivity index (χ0v) is 19.9. The van der Waals surface area contributed by atoms with Crippen LogP contribution in [-0.4, -0.2) is 35.3 Å². The molecule has 2 N–H and O–H groups in total. The number of carbonyl (C=O) groups is 1. The summed E-state index contributed by atoms with van der Waals surface area (Å²) in [6.07, 6.45) is 3.16. The number of hydrogen-bond donors (Lipinski definition) is 2. The Morgan fingerprint density at radius 2 is 1.64 bits per heavy atom. The quantitative estimate of drug-likeness (QED) is 0.335. The van der Waals surface area contributed by atoms with Crippen LogP contribution in [0.15, 0.2) is 79.1 Å². The molecule has 8 nitrogen and oxygen atoms in total. The molecule has 36 heavy (non-hydrogen) atoms. The number of anilines is 1. The molecule has 9 heteroatoms. The number of aliphatic hydroxyl groups is 1. The third-order valence-electron chi connectivity index (χ3n) is 6.18. The zero-order chi connectivity index (χ0) is 25.3. The van der Waals surface area contributed by atoms with E-state index < -0.39 is 17.5 Å². The van der Waals surface area contributed by atoms with Gasteiger partial charge in [-0.3, -0.25) is 9.48 Å². The van der Waals surface area contributed by atoms with Crippen molar-refractivity contribution in [2.45, 2.75) is 32.5 Å². The highest BCUT2D eigenvalue weighted by atomic mass is 19.1. The number of benzene rings is 2. The molecule has 2 aromatic carbocycles. The van der Waals surface area contributed by atoms with Crippen LogP contribution in [0.5, 0.6) is 0 Å². The van der Waals surface area contributed by atoms with Crippen molar-refractivity contribution < 1.29 is 14.3 Å². The van der Waals surface area contributed by atoms with E-state index in [-0.39, 0.29) is 17.0 Å². The van der Waals surface area contributed by atoms with Gasteiger partial charge in [0.2, 0.25) is 5.95 Å². The Morgan fingerprint density at radius 1 is 1.00 bits per heavy atom. The van der Waals surface area contributed by atoms with Crippen LogP contribution >= 0.6 is 0 Å². The third kappa shape index (κ3) is 3.93. The number of fused-ring (bicyclic) bond motifs is 1. The first kappa shape index (κ1) is 23.4. The molecular weight excluding hydrogens is 459 g/mol. The van der Waals surface area contributed by atoms with Crippen LogP contribution in [-0.2, 0) is 18.7 Å². The first-order valence-electron chi connectivity index (χ1n) is 11.7. The van der Waals surface area contributed by atoms with Gasteiger partial charge in [0.15, 0.2) is 17.1 Å². The predicted octanol–water partition coefficient (Wildman–Crippen LogP) is 4.34. The van der Waals surface area contributed by atoms with Crippen LogP contribution < -0.4 is 5.32 Å². The highest BCUT2D eigenvalue weighted by Gasteiger charge is 2.39. The minimum absolute atomic E-state index is 0.102. The summed E-state index contributed by atoms with van der Waals surface area (Å²) in [5.74, 6) is -1.31. The van der Waals surface area contributed by atoms with Gasteiger partial charge < -0.3 is 15.0 Å². The number of halogens is 1. The summed E-state index contributed by atoms with van der Waals surface area (Å²) < 4.78 is 18.4. The number of amides is 1. The Balaban J connectivity index is 1.65. The van der Waals surface area contributed by atoms with Crippen molar-refractivity contribution in [3.8, 4) is 0 Å². The molecule has 1 amide bonds. The van der Waals surface area contributed by atoms with Crippen molar-refractivity contribution in [1.29, 1.82) is 0 Å². The van der Waals surface area contributed by atoms with E-state index in [1.807, 2.05) is 74.5 Å². The van der Waals surface area contributed by atoms with Crippen molar-refractivity contribution in [2.75, 3.05) is 5.32 Å². The summed E-state index contributed by atoms with van der Waals surface area (Å²) in [6.45, 7) is 4.86. The number of aromatic nitrogens is 5. The molecule has 0 radical (unpaired) electrons. The first-order chi connectivity index (χ1) is 17.5. The maximum absolute atomic E-state index is 15.0. The molecule has 0 atom stereocenters. The fraction of sp³-hybridized carbons (Fsp3) is 0.185. The highest BCUT2D eigenvalue weighted by molar-refractivity contribution is 6.05. The molecule has 0 bridgehead atoms. The van der Waals surface area contributed by atoms with Crippen molar-refractivity contribution in [2.24, 2.45) is 0 Å². The summed E-state index contributed by atoms with van der Waals surface area (Å²) in [5, 5.41) is 19.0. The van der Waals surface area contributed by atoms with E-state index in [1.54, 1.807) is 15.4 Å². The summed E-state index contributed by atoms with van der Waals surface area (Å²) in [5.41, 5.74) is 0.343. The average molecular weight is 485 g/mol. The molecule has 0 saturated heterocycles. The molecule has 0 saturated carbocycles. The van der Waals surface area contributed by atoms with Gasteiger partial charge in [-0.2, -0.15) is 14.5 Å². The second-order valence-electron chi connectivity index (χ2n) is 8.33. The minimum atomic E-state index is -1.63. The standard InChI is InChI=1S/C27H25FN6O2/c1-3-33-17-20(16-29-33)30-25(35)21-15-22-24(31-23(21)28)32-26(34(22)4-2)27(36,18-11-7-5-8-12-18)19-13-9-6-10-14-19/h5-17,36H,3-4H2,1-2H3,(H,30,35). The van der Waals surface area contributed by atoms with Gasteiger partial charge in [-0.15, -0.1) is 0 Å². The topological polar surface area (TPSA) is 97.9 Å². The van der Waals surface area contributed by atoms with Crippen molar-refractivity contribution in [1.82, 2.24) is 24.3 Å². The fourth-order valence-electron chi connectivity index (χ4n) is 4.37. The molecule has 5 rings (SSSR count). The van der Waals surface area contributed by atoms with E-state index in [1.165, 1.54) is 12.3 Å². The van der Waals surface area contributed by atoms with E-state index in [4.69, 9.17) is 0 Å². The predicted molar refractivity (Wildman–Crippen MR) is 134 cm³/mol. The van der Waals surface area contributed by atoms with Crippen molar-refractivity contribution in [3.63, 3.8) is 0 Å². The van der Waals surface area contributed by atoms with Crippen LogP contribution in [0.1, 0.15) is 41.2 Å². The van der Waals surface area contributed by atoms with E-state index in [0.29, 0.717) is 35.4 Å². The molecule has 182 valence electrons. The lowest BCUT2D eigenvalue weighted by atomic mass is 9.85. The van der Waals surface area contributed by atoms with Crippen LogP contribution in [0.3, 0.4) is 0 Å². The van der Waals surface area contributed by atoms with Gasteiger partial charge in [0.25, 0.3) is 5.91 Å². The average Bonchev–Trinajstić information content (AvgIpc) is 3.52. The number of aryl methyl sites for hydroxylation is 2. The summed E-state index contributed by atoms with van der Waals surface area (Å²) in [6, 6.07) is 19.8. The van der Waals surface area contributed by atoms with Crippen molar-refractivity contribution >= 4 is 22.8 Å². The molecule has 0 aliphatic rings. The number of nitrogens with one attached hydrogen (secondary N) is 1. The first-order valence-corrected chi connectivity index (χ1v) is 11.7.